The molecule has 0 amide bonds. The van der Waals surface area contributed by atoms with Crippen molar-refractivity contribution in [1.29, 1.82) is 0 Å². The Balaban J connectivity index is 1.53. The Labute approximate surface area is 141 Å². The summed E-state index contributed by atoms with van der Waals surface area (Å²) in [5.41, 5.74) is 5.31. The summed E-state index contributed by atoms with van der Waals surface area (Å²) in [4.78, 5) is 12.3. The zero-order valence-electron chi connectivity index (χ0n) is 13.6. The number of carbonyl (C=O) groups excluding carboxylic acids is 1. The van der Waals surface area contributed by atoms with Crippen LogP contribution in [0.4, 0.5) is 0 Å². The number of aromatic nitrogens is 2. The lowest BCUT2D eigenvalue weighted by atomic mass is 10.1. The fourth-order valence-corrected chi connectivity index (χ4v) is 3.14. The summed E-state index contributed by atoms with van der Waals surface area (Å²) in [6.45, 7) is 3.66. The summed E-state index contributed by atoms with van der Waals surface area (Å²) >= 11 is 0. The smallest absolute Gasteiger partial charge is 0.207 e. The van der Waals surface area contributed by atoms with Crippen LogP contribution in [0.1, 0.15) is 27.2 Å². The molecule has 3 heteroatoms. The number of ketones is 1. The normalized spacial score (nSPS) is 15.0. The monoisotopic (exact) mass is 315 g/mol. The van der Waals surface area contributed by atoms with Gasteiger partial charge in [-0.2, -0.15) is 0 Å². The van der Waals surface area contributed by atoms with Crippen molar-refractivity contribution < 1.29 is 9.36 Å². The molecule has 1 aliphatic rings. The zero-order valence-corrected chi connectivity index (χ0v) is 13.6. The van der Waals surface area contributed by atoms with Gasteiger partial charge in [0.2, 0.25) is 5.78 Å². The summed E-state index contributed by atoms with van der Waals surface area (Å²) in [5.74, 6) is 0.136. The molecule has 118 valence electrons. The van der Waals surface area contributed by atoms with Gasteiger partial charge in [-0.1, -0.05) is 24.3 Å². The third-order valence-corrected chi connectivity index (χ3v) is 4.57. The van der Waals surface area contributed by atoms with Crippen LogP contribution < -0.4 is 4.57 Å². The standard InChI is InChI=1S/C21H19N2O/c1-16-5-2-3-6-18(16)14-22-11-8-17(9-12-22)13-19-15-23-10-4-7-20(23)21(19)24/h2-13H,14-15H2,1H3/q+1/b19-13+. The number of Topliss-reactive ketones (excluding diaryl/α,β-unsaturated/α-hetero) is 1. The van der Waals surface area contributed by atoms with Crippen molar-refractivity contribution in [3.63, 3.8) is 0 Å². The molecule has 1 aromatic carbocycles. The van der Waals surface area contributed by atoms with E-state index in [1.165, 1.54) is 11.1 Å². The number of allylic oxidation sites excluding steroid dienone is 1. The predicted octanol–water partition coefficient (Wildman–Crippen LogP) is 3.41. The van der Waals surface area contributed by atoms with Gasteiger partial charge in [0.15, 0.2) is 18.9 Å². The van der Waals surface area contributed by atoms with Crippen LogP contribution >= 0.6 is 0 Å². The van der Waals surface area contributed by atoms with Gasteiger partial charge < -0.3 is 4.57 Å². The van der Waals surface area contributed by atoms with Gasteiger partial charge in [0.25, 0.3) is 0 Å². The van der Waals surface area contributed by atoms with E-state index in [0.29, 0.717) is 6.54 Å². The summed E-state index contributed by atoms with van der Waals surface area (Å²) < 4.78 is 4.15. The molecule has 3 nitrogen and oxygen atoms in total. The average Bonchev–Trinajstić information content (AvgIpc) is 3.15. The summed E-state index contributed by atoms with van der Waals surface area (Å²) in [6, 6.07) is 16.3. The second-order valence-electron chi connectivity index (χ2n) is 6.25. The number of carbonyl (C=O) groups is 1. The molecule has 24 heavy (non-hydrogen) atoms. The highest BCUT2D eigenvalue weighted by molar-refractivity contribution is 6.12. The van der Waals surface area contributed by atoms with E-state index in [2.05, 4.69) is 60.3 Å². The third kappa shape index (κ3) is 2.69. The quantitative estimate of drug-likeness (QED) is 0.537. The third-order valence-electron chi connectivity index (χ3n) is 4.57. The second kappa shape index (κ2) is 5.93. The molecule has 0 bridgehead atoms. The lowest BCUT2D eigenvalue weighted by Crippen LogP contribution is -2.33. The van der Waals surface area contributed by atoms with Crippen LogP contribution in [0.25, 0.3) is 6.08 Å². The number of pyridine rings is 1. The maximum Gasteiger partial charge on any atom is 0.207 e. The van der Waals surface area contributed by atoms with Gasteiger partial charge in [0, 0.05) is 29.5 Å². The molecule has 0 saturated heterocycles. The Kier molecular flexibility index (Phi) is 3.62. The molecule has 4 rings (SSSR count). The van der Waals surface area contributed by atoms with Gasteiger partial charge in [-0.15, -0.1) is 0 Å². The Morgan fingerprint density at radius 1 is 1.08 bits per heavy atom. The fourth-order valence-electron chi connectivity index (χ4n) is 3.14. The van der Waals surface area contributed by atoms with E-state index in [1.54, 1.807) is 0 Å². The van der Waals surface area contributed by atoms with Crippen LogP contribution in [0.5, 0.6) is 0 Å². The Hall–Kier alpha value is -2.94. The lowest BCUT2D eigenvalue weighted by Gasteiger charge is -2.02. The minimum Gasteiger partial charge on any atom is -0.340 e. The van der Waals surface area contributed by atoms with Crippen molar-refractivity contribution in [2.45, 2.75) is 20.0 Å². The maximum absolute atomic E-state index is 12.3. The van der Waals surface area contributed by atoms with E-state index in [1.807, 2.05) is 29.0 Å². The van der Waals surface area contributed by atoms with Crippen molar-refractivity contribution >= 4 is 11.9 Å². The predicted molar refractivity (Wildman–Crippen MR) is 93.7 cm³/mol. The first kappa shape index (κ1) is 14.6. The van der Waals surface area contributed by atoms with Crippen LogP contribution in [0, 0.1) is 6.92 Å². The number of fused-ring (bicyclic) bond motifs is 1. The van der Waals surface area contributed by atoms with Crippen LogP contribution in [0.15, 0.2) is 72.7 Å². The van der Waals surface area contributed by atoms with E-state index >= 15 is 0 Å². The van der Waals surface area contributed by atoms with Crippen molar-refractivity contribution in [2.24, 2.45) is 0 Å². The molecule has 0 atom stereocenters. The number of aryl methyl sites for hydroxylation is 1. The van der Waals surface area contributed by atoms with Crippen molar-refractivity contribution in [3.8, 4) is 0 Å². The summed E-state index contributed by atoms with van der Waals surface area (Å²) in [6.07, 6.45) is 8.08. The fraction of sp³-hybridized carbons (Fsp3) is 0.143. The van der Waals surface area contributed by atoms with Crippen molar-refractivity contribution in [2.75, 3.05) is 0 Å². The molecule has 0 aliphatic carbocycles. The first-order chi connectivity index (χ1) is 11.7. The topological polar surface area (TPSA) is 25.9 Å². The molecule has 3 heterocycles. The highest BCUT2D eigenvalue weighted by Gasteiger charge is 2.23. The summed E-state index contributed by atoms with van der Waals surface area (Å²) in [7, 11) is 0. The Bertz CT molecular complexity index is 932. The number of hydrogen-bond acceptors (Lipinski definition) is 1. The molecule has 0 spiro atoms. The van der Waals surface area contributed by atoms with E-state index < -0.39 is 0 Å². The summed E-state index contributed by atoms with van der Waals surface area (Å²) in [5, 5.41) is 0. The second-order valence-corrected chi connectivity index (χ2v) is 6.25. The molecule has 3 aromatic rings. The molecular weight excluding hydrogens is 296 g/mol. The minimum absolute atomic E-state index is 0.136. The van der Waals surface area contributed by atoms with Gasteiger partial charge >= 0.3 is 0 Å². The largest absolute Gasteiger partial charge is 0.340 e. The van der Waals surface area contributed by atoms with E-state index in [-0.39, 0.29) is 5.78 Å². The zero-order chi connectivity index (χ0) is 16.5. The van der Waals surface area contributed by atoms with E-state index in [9.17, 15) is 4.79 Å². The SMILES string of the molecule is Cc1ccccc1C[n+]1ccc(/C=C2\Cn3cccc3C2=O)cc1. The first-order valence-corrected chi connectivity index (χ1v) is 8.15. The van der Waals surface area contributed by atoms with Gasteiger partial charge in [-0.05, 0) is 36.3 Å². The van der Waals surface area contributed by atoms with Gasteiger partial charge in [-0.3, -0.25) is 4.79 Å². The number of rotatable bonds is 3. The maximum atomic E-state index is 12.3. The van der Waals surface area contributed by atoms with Gasteiger partial charge in [0.1, 0.15) is 0 Å². The lowest BCUT2D eigenvalue weighted by molar-refractivity contribution is -0.688. The Morgan fingerprint density at radius 3 is 2.62 bits per heavy atom. The molecule has 0 saturated carbocycles. The average molecular weight is 315 g/mol. The highest BCUT2D eigenvalue weighted by Crippen LogP contribution is 2.22. The first-order valence-electron chi connectivity index (χ1n) is 8.15. The van der Waals surface area contributed by atoms with Gasteiger partial charge in [-0.25, -0.2) is 4.57 Å². The Morgan fingerprint density at radius 2 is 1.88 bits per heavy atom. The molecule has 0 N–H and O–H groups in total. The van der Waals surface area contributed by atoms with E-state index in [0.717, 1.165) is 23.4 Å². The van der Waals surface area contributed by atoms with Crippen molar-refractivity contribution in [3.05, 3.63) is 95.1 Å². The molecular formula is C21H19N2O+. The van der Waals surface area contributed by atoms with Crippen LogP contribution in [0.2, 0.25) is 0 Å². The molecule has 1 aliphatic heterocycles. The van der Waals surface area contributed by atoms with Crippen LogP contribution in [-0.2, 0) is 13.1 Å². The molecule has 0 unspecified atom stereocenters. The number of hydrogen-bond donors (Lipinski definition) is 0. The minimum atomic E-state index is 0.136. The van der Waals surface area contributed by atoms with Crippen LogP contribution in [-0.4, -0.2) is 10.4 Å². The number of benzene rings is 1. The highest BCUT2D eigenvalue weighted by atomic mass is 16.1. The van der Waals surface area contributed by atoms with Crippen LogP contribution in [0.3, 0.4) is 0 Å². The molecule has 0 fully saturated rings. The molecule has 2 aromatic heterocycles. The van der Waals surface area contributed by atoms with Gasteiger partial charge in [0.05, 0.1) is 12.2 Å². The van der Waals surface area contributed by atoms with Crippen molar-refractivity contribution in [1.82, 2.24) is 4.57 Å². The molecule has 0 radical (unpaired) electrons. The number of nitrogens with zero attached hydrogens (tertiary/aromatic N) is 2. The van der Waals surface area contributed by atoms with E-state index in [4.69, 9.17) is 0 Å².